The van der Waals surface area contributed by atoms with Crippen LogP contribution in [0.15, 0.2) is 0 Å². The summed E-state index contributed by atoms with van der Waals surface area (Å²) in [6.45, 7) is 8.74. The van der Waals surface area contributed by atoms with Gasteiger partial charge in [-0.2, -0.15) is 0 Å². The van der Waals surface area contributed by atoms with E-state index in [1.165, 1.54) is 32.2 Å². The molecule has 0 aromatic rings. The van der Waals surface area contributed by atoms with Crippen molar-refractivity contribution in [3.63, 3.8) is 0 Å². The molecule has 96 valence electrons. The highest BCUT2D eigenvalue weighted by atomic mass is 16.5. The third-order valence-corrected chi connectivity index (χ3v) is 3.59. The lowest BCUT2D eigenvalue weighted by Crippen LogP contribution is -2.37. The smallest absolute Gasteiger partial charge is 0.0589 e. The fourth-order valence-corrected chi connectivity index (χ4v) is 2.63. The van der Waals surface area contributed by atoms with E-state index in [0.717, 1.165) is 31.8 Å². The van der Waals surface area contributed by atoms with Crippen molar-refractivity contribution in [3.8, 4) is 0 Å². The molecule has 0 aliphatic heterocycles. The summed E-state index contributed by atoms with van der Waals surface area (Å²) in [5, 5.41) is 3.64. The van der Waals surface area contributed by atoms with Gasteiger partial charge in [-0.1, -0.05) is 13.8 Å². The minimum atomic E-state index is 0.751. The Labute approximate surface area is 101 Å². The molecule has 3 heteroatoms. The molecule has 2 atom stereocenters. The standard InChI is InChI=1S/C13H28N2O/c1-4-8-14-12-6-7-13(11-12)15(5-2)9-10-16-3/h12-14H,4-11H2,1-3H3. The first-order chi connectivity index (χ1) is 7.81. The Balaban J connectivity index is 2.26. The lowest BCUT2D eigenvalue weighted by Gasteiger charge is -2.27. The van der Waals surface area contributed by atoms with Crippen molar-refractivity contribution in [1.82, 2.24) is 10.2 Å². The maximum absolute atomic E-state index is 5.17. The number of hydrogen-bond acceptors (Lipinski definition) is 3. The maximum atomic E-state index is 5.17. The summed E-state index contributed by atoms with van der Waals surface area (Å²) in [5.74, 6) is 0. The van der Waals surface area contributed by atoms with Crippen LogP contribution in [0.25, 0.3) is 0 Å². The minimum absolute atomic E-state index is 0.751. The summed E-state index contributed by atoms with van der Waals surface area (Å²) in [4.78, 5) is 2.57. The molecule has 1 fully saturated rings. The van der Waals surface area contributed by atoms with Gasteiger partial charge in [0.15, 0.2) is 0 Å². The van der Waals surface area contributed by atoms with E-state index in [1.54, 1.807) is 7.11 Å². The fraction of sp³-hybridized carbons (Fsp3) is 1.00. The molecule has 3 nitrogen and oxygen atoms in total. The van der Waals surface area contributed by atoms with Gasteiger partial charge >= 0.3 is 0 Å². The van der Waals surface area contributed by atoms with Gasteiger partial charge in [0.2, 0.25) is 0 Å². The van der Waals surface area contributed by atoms with E-state index in [1.807, 2.05) is 0 Å². The molecule has 16 heavy (non-hydrogen) atoms. The van der Waals surface area contributed by atoms with Crippen molar-refractivity contribution in [2.75, 3.05) is 33.4 Å². The molecule has 0 spiro atoms. The highest BCUT2D eigenvalue weighted by Gasteiger charge is 2.27. The second kappa shape index (κ2) is 8.04. The number of rotatable bonds is 8. The Morgan fingerprint density at radius 2 is 2.12 bits per heavy atom. The highest BCUT2D eigenvalue weighted by molar-refractivity contribution is 4.86. The monoisotopic (exact) mass is 228 g/mol. The zero-order valence-electron chi connectivity index (χ0n) is 11.2. The quantitative estimate of drug-likeness (QED) is 0.686. The number of likely N-dealkylation sites (N-methyl/N-ethyl adjacent to an activating group) is 1. The summed E-state index contributed by atoms with van der Waals surface area (Å²) >= 11 is 0. The number of nitrogens with one attached hydrogen (secondary N) is 1. The van der Waals surface area contributed by atoms with Crippen molar-refractivity contribution in [2.24, 2.45) is 0 Å². The molecular weight excluding hydrogens is 200 g/mol. The van der Waals surface area contributed by atoms with Crippen molar-refractivity contribution in [2.45, 2.75) is 51.6 Å². The molecule has 0 saturated heterocycles. The maximum Gasteiger partial charge on any atom is 0.0589 e. The summed E-state index contributed by atoms with van der Waals surface area (Å²) in [6, 6.07) is 1.52. The van der Waals surface area contributed by atoms with Crippen molar-refractivity contribution in [3.05, 3.63) is 0 Å². The van der Waals surface area contributed by atoms with E-state index < -0.39 is 0 Å². The Morgan fingerprint density at radius 1 is 1.31 bits per heavy atom. The van der Waals surface area contributed by atoms with Crippen LogP contribution in [0.5, 0.6) is 0 Å². The molecule has 1 aliphatic carbocycles. The first-order valence-corrected chi connectivity index (χ1v) is 6.78. The van der Waals surface area contributed by atoms with E-state index in [-0.39, 0.29) is 0 Å². The van der Waals surface area contributed by atoms with Crippen LogP contribution in [0.1, 0.15) is 39.5 Å². The lowest BCUT2D eigenvalue weighted by molar-refractivity contribution is 0.124. The number of ether oxygens (including phenoxy) is 1. The van der Waals surface area contributed by atoms with Crippen LogP contribution in [0.2, 0.25) is 0 Å². The SMILES string of the molecule is CCCNC1CCC(N(CC)CCOC)C1. The summed E-state index contributed by atoms with van der Waals surface area (Å²) in [5.41, 5.74) is 0. The molecule has 0 aromatic heterocycles. The van der Waals surface area contributed by atoms with Crippen LogP contribution in [0, 0.1) is 0 Å². The summed E-state index contributed by atoms with van der Waals surface area (Å²) in [6.07, 6.45) is 5.24. The zero-order chi connectivity index (χ0) is 11.8. The van der Waals surface area contributed by atoms with Gasteiger partial charge in [0.05, 0.1) is 6.61 Å². The molecule has 1 saturated carbocycles. The van der Waals surface area contributed by atoms with Crippen molar-refractivity contribution < 1.29 is 4.74 Å². The van der Waals surface area contributed by atoms with E-state index in [4.69, 9.17) is 4.74 Å². The summed E-state index contributed by atoms with van der Waals surface area (Å²) in [7, 11) is 1.79. The van der Waals surface area contributed by atoms with Gasteiger partial charge in [-0.3, -0.25) is 4.90 Å². The van der Waals surface area contributed by atoms with Crippen LogP contribution in [0.3, 0.4) is 0 Å². The van der Waals surface area contributed by atoms with Gasteiger partial charge < -0.3 is 10.1 Å². The molecule has 0 radical (unpaired) electrons. The van der Waals surface area contributed by atoms with Crippen molar-refractivity contribution >= 4 is 0 Å². The van der Waals surface area contributed by atoms with Gasteiger partial charge in [0.1, 0.15) is 0 Å². The lowest BCUT2D eigenvalue weighted by atomic mass is 10.2. The first kappa shape index (κ1) is 13.9. The van der Waals surface area contributed by atoms with E-state index in [0.29, 0.717) is 0 Å². The molecule has 1 rings (SSSR count). The molecule has 0 amide bonds. The van der Waals surface area contributed by atoms with Crippen LogP contribution in [0.4, 0.5) is 0 Å². The van der Waals surface area contributed by atoms with Gasteiger partial charge in [-0.05, 0) is 38.8 Å². The van der Waals surface area contributed by atoms with E-state index in [2.05, 4.69) is 24.1 Å². The fourth-order valence-electron chi connectivity index (χ4n) is 2.63. The molecule has 1 aliphatic rings. The third-order valence-electron chi connectivity index (χ3n) is 3.59. The number of methoxy groups -OCH3 is 1. The number of nitrogens with zero attached hydrogens (tertiary/aromatic N) is 1. The average Bonchev–Trinajstić information content (AvgIpc) is 2.76. The largest absolute Gasteiger partial charge is 0.383 e. The third kappa shape index (κ3) is 4.40. The second-order valence-corrected chi connectivity index (χ2v) is 4.74. The van der Waals surface area contributed by atoms with Crippen molar-refractivity contribution in [1.29, 1.82) is 0 Å². The molecule has 0 bridgehead atoms. The molecule has 2 unspecified atom stereocenters. The average molecular weight is 228 g/mol. The van der Waals surface area contributed by atoms with E-state index in [9.17, 15) is 0 Å². The predicted molar refractivity (Wildman–Crippen MR) is 68.8 cm³/mol. The van der Waals surface area contributed by atoms with Crippen LogP contribution in [-0.2, 0) is 4.74 Å². The number of hydrogen-bond donors (Lipinski definition) is 1. The molecule has 1 N–H and O–H groups in total. The topological polar surface area (TPSA) is 24.5 Å². The zero-order valence-corrected chi connectivity index (χ0v) is 11.2. The van der Waals surface area contributed by atoms with Gasteiger partial charge in [0.25, 0.3) is 0 Å². The van der Waals surface area contributed by atoms with Crippen LogP contribution in [-0.4, -0.2) is 50.3 Å². The first-order valence-electron chi connectivity index (χ1n) is 6.78. The second-order valence-electron chi connectivity index (χ2n) is 4.74. The van der Waals surface area contributed by atoms with Gasteiger partial charge in [0, 0.05) is 25.7 Å². The van der Waals surface area contributed by atoms with Gasteiger partial charge in [-0.25, -0.2) is 0 Å². The predicted octanol–water partition coefficient (Wildman–Crippen LogP) is 1.88. The minimum Gasteiger partial charge on any atom is -0.383 e. The molecule has 0 heterocycles. The van der Waals surface area contributed by atoms with Gasteiger partial charge in [-0.15, -0.1) is 0 Å². The normalized spacial score (nSPS) is 25.5. The Hall–Kier alpha value is -0.120. The highest BCUT2D eigenvalue weighted by Crippen LogP contribution is 2.23. The molecule has 0 aromatic carbocycles. The molecular formula is C13H28N2O. The summed E-state index contributed by atoms with van der Waals surface area (Å²) < 4.78 is 5.17. The Kier molecular flexibility index (Phi) is 7.01. The Bertz CT molecular complexity index is 175. The Morgan fingerprint density at radius 3 is 2.75 bits per heavy atom. The van der Waals surface area contributed by atoms with E-state index >= 15 is 0 Å². The van der Waals surface area contributed by atoms with Crippen LogP contribution < -0.4 is 5.32 Å². The van der Waals surface area contributed by atoms with Crippen LogP contribution >= 0.6 is 0 Å².